The number of ether oxygens (including phenoxy) is 4. The lowest BCUT2D eigenvalue weighted by Gasteiger charge is -2.29. The Hall–Kier alpha value is -0.840. The van der Waals surface area contributed by atoms with Gasteiger partial charge in [0.1, 0.15) is 5.78 Å². The van der Waals surface area contributed by atoms with Crippen LogP contribution in [-0.2, 0) is 38.0 Å². The molecule has 8 nitrogen and oxygen atoms in total. The molecule has 9 heteroatoms. The van der Waals surface area contributed by atoms with E-state index in [4.69, 9.17) is 23.1 Å². The van der Waals surface area contributed by atoms with Gasteiger partial charge in [0.05, 0.1) is 31.0 Å². The van der Waals surface area contributed by atoms with Crippen LogP contribution in [0, 0.1) is 11.8 Å². The highest BCUT2D eigenvalue weighted by Crippen LogP contribution is 2.35. The lowest BCUT2D eigenvalue weighted by Crippen LogP contribution is -2.32. The Labute approximate surface area is 204 Å². The van der Waals surface area contributed by atoms with Crippen molar-refractivity contribution in [2.75, 3.05) is 26.1 Å². The van der Waals surface area contributed by atoms with Gasteiger partial charge < -0.3 is 18.9 Å². The summed E-state index contributed by atoms with van der Waals surface area (Å²) in [5, 5.41) is 0. The minimum atomic E-state index is -3.65. The predicted molar refractivity (Wildman–Crippen MR) is 128 cm³/mol. The molecule has 0 amide bonds. The van der Waals surface area contributed by atoms with Crippen molar-refractivity contribution in [3.8, 4) is 0 Å². The second-order valence-electron chi connectivity index (χ2n) is 9.66. The summed E-state index contributed by atoms with van der Waals surface area (Å²) >= 11 is 0. The summed E-state index contributed by atoms with van der Waals surface area (Å²) in [5.41, 5.74) is 0. The number of carbonyl (C=O) groups excluding carboxylic acids is 1. The molecule has 0 N–H and O–H groups in total. The second-order valence-corrected chi connectivity index (χ2v) is 11.3. The molecule has 3 rings (SSSR count). The average molecular weight is 503 g/mol. The van der Waals surface area contributed by atoms with E-state index in [1.165, 1.54) is 0 Å². The van der Waals surface area contributed by atoms with Gasteiger partial charge in [0.2, 0.25) is 0 Å². The summed E-state index contributed by atoms with van der Waals surface area (Å²) in [7, 11) is -3.65. The fourth-order valence-corrected chi connectivity index (χ4v) is 5.24. The van der Waals surface area contributed by atoms with E-state index in [1.807, 2.05) is 12.2 Å². The minimum absolute atomic E-state index is 0.0434. The maximum Gasteiger partial charge on any atom is 0.264 e. The van der Waals surface area contributed by atoms with Gasteiger partial charge in [-0.15, -0.1) is 0 Å². The largest absolute Gasteiger partial charge is 0.353 e. The Balaban J connectivity index is 1.72. The van der Waals surface area contributed by atoms with Crippen molar-refractivity contribution in [1.82, 2.24) is 0 Å². The van der Waals surface area contributed by atoms with E-state index >= 15 is 0 Å². The van der Waals surface area contributed by atoms with Crippen LogP contribution in [0.4, 0.5) is 0 Å². The lowest BCUT2D eigenvalue weighted by atomic mass is 9.93. The quantitative estimate of drug-likeness (QED) is 0.211. The minimum Gasteiger partial charge on any atom is -0.353 e. The maximum atomic E-state index is 12.8. The van der Waals surface area contributed by atoms with Gasteiger partial charge in [-0.2, -0.15) is 8.42 Å². The van der Waals surface area contributed by atoms with Gasteiger partial charge in [0.15, 0.2) is 12.6 Å². The zero-order chi connectivity index (χ0) is 24.4. The smallest absolute Gasteiger partial charge is 0.264 e. The van der Waals surface area contributed by atoms with Crippen molar-refractivity contribution in [2.45, 2.75) is 102 Å². The molecule has 2 saturated heterocycles. The number of hydrogen-bond donors (Lipinski definition) is 0. The fraction of sp³-hybridized carbons (Fsp3) is 0.880. The monoisotopic (exact) mass is 502 g/mol. The van der Waals surface area contributed by atoms with Gasteiger partial charge in [0.25, 0.3) is 10.1 Å². The van der Waals surface area contributed by atoms with Gasteiger partial charge >= 0.3 is 0 Å². The summed E-state index contributed by atoms with van der Waals surface area (Å²) in [6.07, 6.45) is 14.2. The molecule has 0 aromatic rings. The number of hydrogen-bond acceptors (Lipinski definition) is 8. The molecule has 196 valence electrons. The number of ketones is 1. The van der Waals surface area contributed by atoms with Gasteiger partial charge in [-0.1, -0.05) is 38.3 Å². The molecular formula is C25H42O8S. The summed E-state index contributed by atoms with van der Waals surface area (Å²) in [6, 6.07) is 0. The first-order valence-corrected chi connectivity index (χ1v) is 14.8. The van der Waals surface area contributed by atoms with Crippen LogP contribution >= 0.6 is 0 Å². The van der Waals surface area contributed by atoms with Crippen LogP contribution in [0.15, 0.2) is 12.2 Å². The van der Waals surface area contributed by atoms with Crippen LogP contribution in [0.3, 0.4) is 0 Å². The first kappa shape index (κ1) is 27.7. The van der Waals surface area contributed by atoms with Gasteiger partial charge in [-0.25, -0.2) is 0 Å². The molecule has 6 atom stereocenters. The molecule has 0 spiro atoms. The van der Waals surface area contributed by atoms with Gasteiger partial charge in [0, 0.05) is 25.6 Å². The van der Waals surface area contributed by atoms with Crippen molar-refractivity contribution >= 4 is 15.9 Å². The van der Waals surface area contributed by atoms with E-state index in [1.54, 1.807) is 0 Å². The Morgan fingerprint density at radius 1 is 1.06 bits per heavy atom. The predicted octanol–water partition coefficient (Wildman–Crippen LogP) is 4.13. The van der Waals surface area contributed by atoms with Crippen molar-refractivity contribution in [1.29, 1.82) is 0 Å². The number of unbranched alkanes of at least 4 members (excludes halogenated alkanes) is 2. The maximum absolute atomic E-state index is 12.8. The normalized spacial score (nSPS) is 31.8. The number of Topliss-reactive ketones (excluding diaryl/α,β-unsaturated/α-hetero) is 1. The Bertz CT molecular complexity index is 740. The standard InChI is InChI=1S/C25H42O8S/c1-3-4-5-10-19(32-24-11-6-8-15-29-24)13-14-20-21(18-31-34(2,27)28)22(26)17-23(20)33-25-12-7-9-16-30-25/h13-14,19-21,23-25H,3-12,15-18H2,1-2H3. The van der Waals surface area contributed by atoms with Crippen molar-refractivity contribution < 1.29 is 36.3 Å². The van der Waals surface area contributed by atoms with Gasteiger partial charge in [-0.05, 0) is 44.9 Å². The van der Waals surface area contributed by atoms with Crippen LogP contribution in [-0.4, -0.2) is 65.1 Å². The third kappa shape index (κ3) is 9.32. The highest BCUT2D eigenvalue weighted by molar-refractivity contribution is 7.85. The highest BCUT2D eigenvalue weighted by atomic mass is 32.2. The molecule has 0 radical (unpaired) electrons. The van der Waals surface area contributed by atoms with E-state index in [2.05, 4.69) is 6.92 Å². The molecule has 2 aliphatic heterocycles. The lowest BCUT2D eigenvalue weighted by molar-refractivity contribution is -0.192. The summed E-state index contributed by atoms with van der Waals surface area (Å²) in [5.74, 6) is -0.927. The van der Waals surface area contributed by atoms with Gasteiger partial charge in [-0.3, -0.25) is 8.98 Å². The molecule has 0 aromatic heterocycles. The molecule has 1 saturated carbocycles. The summed E-state index contributed by atoms with van der Waals surface area (Å²) < 4.78 is 52.2. The number of rotatable bonds is 13. The zero-order valence-electron chi connectivity index (χ0n) is 20.7. The van der Waals surface area contributed by atoms with Crippen LogP contribution in [0.2, 0.25) is 0 Å². The van der Waals surface area contributed by atoms with Crippen molar-refractivity contribution in [2.24, 2.45) is 11.8 Å². The molecule has 34 heavy (non-hydrogen) atoms. The van der Waals surface area contributed by atoms with Crippen LogP contribution in [0.25, 0.3) is 0 Å². The Kier molecular flexibility index (Phi) is 11.5. The first-order chi connectivity index (χ1) is 16.4. The van der Waals surface area contributed by atoms with Crippen molar-refractivity contribution in [3.05, 3.63) is 12.2 Å². The van der Waals surface area contributed by atoms with E-state index in [0.717, 1.165) is 77.1 Å². The second kappa shape index (κ2) is 14.0. The topological polar surface area (TPSA) is 97.4 Å². The first-order valence-electron chi connectivity index (χ1n) is 12.9. The molecule has 1 aliphatic carbocycles. The highest BCUT2D eigenvalue weighted by Gasteiger charge is 2.43. The van der Waals surface area contributed by atoms with Crippen LogP contribution < -0.4 is 0 Å². The SMILES string of the molecule is CCCCCC(C=CC1C(OC2CCCCO2)CC(=O)C1COS(C)(=O)=O)OC1CCCCO1. The van der Waals surface area contributed by atoms with Crippen LogP contribution in [0.5, 0.6) is 0 Å². The molecular weight excluding hydrogens is 460 g/mol. The Morgan fingerprint density at radius 2 is 1.76 bits per heavy atom. The zero-order valence-corrected chi connectivity index (χ0v) is 21.5. The summed E-state index contributed by atoms with van der Waals surface area (Å²) in [6.45, 7) is 3.36. The molecule has 0 aromatic carbocycles. The third-order valence-electron chi connectivity index (χ3n) is 6.74. The molecule has 6 unspecified atom stereocenters. The summed E-state index contributed by atoms with van der Waals surface area (Å²) in [4.78, 5) is 12.8. The van der Waals surface area contributed by atoms with Crippen LogP contribution in [0.1, 0.15) is 77.6 Å². The molecule has 3 fully saturated rings. The van der Waals surface area contributed by atoms with E-state index in [0.29, 0.717) is 6.61 Å². The van der Waals surface area contributed by atoms with E-state index in [-0.39, 0.29) is 49.5 Å². The third-order valence-corrected chi connectivity index (χ3v) is 7.30. The molecule has 0 bridgehead atoms. The Morgan fingerprint density at radius 3 is 2.38 bits per heavy atom. The molecule has 2 heterocycles. The molecule has 3 aliphatic rings. The fourth-order valence-electron chi connectivity index (χ4n) is 4.84. The van der Waals surface area contributed by atoms with E-state index < -0.39 is 16.0 Å². The van der Waals surface area contributed by atoms with E-state index in [9.17, 15) is 13.2 Å². The van der Waals surface area contributed by atoms with Crippen molar-refractivity contribution in [3.63, 3.8) is 0 Å². The number of carbonyl (C=O) groups is 1. The average Bonchev–Trinajstić information content (AvgIpc) is 3.10.